The smallest absolute Gasteiger partial charge is 0.335 e. The third-order valence-electron chi connectivity index (χ3n) is 3.08. The fourth-order valence-electron chi connectivity index (χ4n) is 1.90. The van der Waals surface area contributed by atoms with Gasteiger partial charge in [-0.2, -0.15) is 0 Å². The molecule has 0 atom stereocenters. The van der Waals surface area contributed by atoms with E-state index in [0.29, 0.717) is 12.1 Å². The largest absolute Gasteiger partial charge is 0.478 e. The van der Waals surface area contributed by atoms with Crippen molar-refractivity contribution in [1.82, 2.24) is 9.97 Å². The summed E-state index contributed by atoms with van der Waals surface area (Å²) in [5, 5.41) is 8.87. The van der Waals surface area contributed by atoms with Gasteiger partial charge in [-0.1, -0.05) is 19.1 Å². The fourth-order valence-corrected chi connectivity index (χ4v) is 1.90. The highest BCUT2D eigenvalue weighted by atomic mass is 16.4. The van der Waals surface area contributed by atoms with E-state index in [0.717, 1.165) is 23.5 Å². The zero-order valence-electron chi connectivity index (χ0n) is 11.6. The predicted molar refractivity (Wildman–Crippen MR) is 76.9 cm³/mol. The van der Waals surface area contributed by atoms with Crippen molar-refractivity contribution in [3.8, 4) is 0 Å². The Morgan fingerprint density at radius 2 is 1.95 bits per heavy atom. The zero-order chi connectivity index (χ0) is 14.5. The summed E-state index contributed by atoms with van der Waals surface area (Å²) in [6.07, 6.45) is 2.44. The first kappa shape index (κ1) is 14.0. The minimum atomic E-state index is -0.909. The lowest BCUT2D eigenvalue weighted by Gasteiger charge is -2.18. The summed E-state index contributed by atoms with van der Waals surface area (Å²) in [6, 6.07) is 8.83. The Morgan fingerprint density at radius 3 is 2.55 bits per heavy atom. The quantitative estimate of drug-likeness (QED) is 0.904. The van der Waals surface area contributed by atoms with Gasteiger partial charge in [0, 0.05) is 25.4 Å². The van der Waals surface area contributed by atoms with Gasteiger partial charge in [0.2, 0.25) is 0 Å². The molecule has 2 aromatic rings. The van der Waals surface area contributed by atoms with Crippen molar-refractivity contribution >= 4 is 11.8 Å². The molecule has 1 aromatic carbocycles. The number of aromatic nitrogens is 2. The van der Waals surface area contributed by atoms with Gasteiger partial charge in [-0.05, 0) is 24.1 Å². The highest BCUT2D eigenvalue weighted by Crippen LogP contribution is 2.14. The molecular formula is C15H17N3O2. The van der Waals surface area contributed by atoms with Crippen molar-refractivity contribution in [2.45, 2.75) is 19.9 Å². The van der Waals surface area contributed by atoms with Crippen LogP contribution in [0.1, 0.15) is 28.5 Å². The Bertz CT molecular complexity index is 596. The number of nitrogens with zero attached hydrogens (tertiary/aromatic N) is 3. The molecule has 2 rings (SSSR count). The van der Waals surface area contributed by atoms with Crippen LogP contribution in [0, 0.1) is 0 Å². The van der Waals surface area contributed by atoms with E-state index in [-0.39, 0.29) is 0 Å². The summed E-state index contributed by atoms with van der Waals surface area (Å²) in [5.41, 5.74) is 2.34. The number of carbonyl (C=O) groups is 1. The number of hydrogen-bond donors (Lipinski definition) is 1. The third kappa shape index (κ3) is 3.32. The maximum atomic E-state index is 10.8. The van der Waals surface area contributed by atoms with Crippen LogP contribution in [-0.4, -0.2) is 28.1 Å². The van der Waals surface area contributed by atoms with Crippen molar-refractivity contribution in [2.24, 2.45) is 0 Å². The number of benzene rings is 1. The van der Waals surface area contributed by atoms with Crippen molar-refractivity contribution in [3.05, 3.63) is 53.5 Å². The van der Waals surface area contributed by atoms with Crippen LogP contribution in [0.5, 0.6) is 0 Å². The van der Waals surface area contributed by atoms with Gasteiger partial charge in [0.15, 0.2) is 0 Å². The molecule has 0 saturated carbocycles. The van der Waals surface area contributed by atoms with E-state index < -0.39 is 5.97 Å². The molecule has 0 aliphatic heterocycles. The molecule has 0 aliphatic rings. The third-order valence-corrected chi connectivity index (χ3v) is 3.08. The average Bonchev–Trinajstić information content (AvgIpc) is 2.47. The Hall–Kier alpha value is -2.43. The van der Waals surface area contributed by atoms with Gasteiger partial charge < -0.3 is 10.0 Å². The average molecular weight is 271 g/mol. The van der Waals surface area contributed by atoms with E-state index >= 15 is 0 Å². The number of rotatable bonds is 5. The topological polar surface area (TPSA) is 66.3 Å². The summed E-state index contributed by atoms with van der Waals surface area (Å²) in [4.78, 5) is 21.2. The standard InChI is InChI=1S/C15H17N3O2/c1-3-13-8-14(17-10-16-13)18(2)9-11-4-6-12(7-5-11)15(19)20/h4-8,10H,3,9H2,1-2H3,(H,19,20). The minimum Gasteiger partial charge on any atom is -0.478 e. The van der Waals surface area contributed by atoms with Gasteiger partial charge in [0.05, 0.1) is 5.56 Å². The molecule has 0 bridgehead atoms. The molecule has 0 aliphatic carbocycles. The molecule has 0 radical (unpaired) electrons. The fraction of sp³-hybridized carbons (Fsp3) is 0.267. The SMILES string of the molecule is CCc1cc(N(C)Cc2ccc(C(=O)O)cc2)ncn1. The molecule has 0 spiro atoms. The molecule has 1 N–H and O–H groups in total. The number of aryl methyl sites for hydroxylation is 1. The molecule has 1 heterocycles. The molecular weight excluding hydrogens is 254 g/mol. The monoisotopic (exact) mass is 271 g/mol. The Balaban J connectivity index is 2.10. The lowest BCUT2D eigenvalue weighted by Crippen LogP contribution is -2.18. The highest BCUT2D eigenvalue weighted by Gasteiger charge is 2.06. The van der Waals surface area contributed by atoms with Gasteiger partial charge in [-0.3, -0.25) is 0 Å². The van der Waals surface area contributed by atoms with Crippen LogP contribution < -0.4 is 4.90 Å². The molecule has 0 fully saturated rings. The number of aromatic carboxylic acids is 1. The van der Waals surface area contributed by atoms with Crippen LogP contribution >= 0.6 is 0 Å². The summed E-state index contributed by atoms with van der Waals surface area (Å²) in [6.45, 7) is 2.72. The number of anilines is 1. The van der Waals surface area contributed by atoms with Crippen LogP contribution in [0.4, 0.5) is 5.82 Å². The molecule has 0 saturated heterocycles. The van der Waals surface area contributed by atoms with E-state index in [1.54, 1.807) is 18.5 Å². The van der Waals surface area contributed by atoms with Gasteiger partial charge in [-0.25, -0.2) is 14.8 Å². The van der Waals surface area contributed by atoms with E-state index in [9.17, 15) is 4.79 Å². The van der Waals surface area contributed by atoms with Crippen molar-refractivity contribution in [1.29, 1.82) is 0 Å². The number of carboxylic acids is 1. The molecule has 0 unspecified atom stereocenters. The van der Waals surface area contributed by atoms with Crippen LogP contribution in [0.15, 0.2) is 36.7 Å². The lowest BCUT2D eigenvalue weighted by atomic mass is 10.1. The normalized spacial score (nSPS) is 10.3. The summed E-state index contributed by atoms with van der Waals surface area (Å²) >= 11 is 0. The second-order valence-electron chi connectivity index (χ2n) is 4.58. The minimum absolute atomic E-state index is 0.298. The Kier molecular flexibility index (Phi) is 4.30. The summed E-state index contributed by atoms with van der Waals surface area (Å²) in [7, 11) is 1.95. The van der Waals surface area contributed by atoms with Crippen LogP contribution in [0.2, 0.25) is 0 Å². The first-order valence-corrected chi connectivity index (χ1v) is 6.44. The molecule has 5 nitrogen and oxygen atoms in total. The molecule has 0 amide bonds. The number of hydrogen-bond acceptors (Lipinski definition) is 4. The van der Waals surface area contributed by atoms with E-state index in [2.05, 4.69) is 16.9 Å². The second kappa shape index (κ2) is 6.14. The molecule has 5 heteroatoms. The first-order chi connectivity index (χ1) is 9.60. The van der Waals surface area contributed by atoms with Gasteiger partial charge in [0.25, 0.3) is 0 Å². The van der Waals surface area contributed by atoms with E-state index in [4.69, 9.17) is 5.11 Å². The van der Waals surface area contributed by atoms with E-state index in [1.807, 2.05) is 30.1 Å². The first-order valence-electron chi connectivity index (χ1n) is 6.44. The van der Waals surface area contributed by atoms with Crippen LogP contribution in [-0.2, 0) is 13.0 Å². The molecule has 20 heavy (non-hydrogen) atoms. The summed E-state index contributed by atoms with van der Waals surface area (Å²) in [5.74, 6) is -0.0487. The van der Waals surface area contributed by atoms with Gasteiger partial charge in [0.1, 0.15) is 12.1 Å². The van der Waals surface area contributed by atoms with E-state index in [1.165, 1.54) is 0 Å². The summed E-state index contributed by atoms with van der Waals surface area (Å²) < 4.78 is 0. The Morgan fingerprint density at radius 1 is 1.25 bits per heavy atom. The number of carboxylic acid groups (broad SMARTS) is 1. The Labute approximate surface area is 117 Å². The molecule has 1 aromatic heterocycles. The molecule has 104 valence electrons. The second-order valence-corrected chi connectivity index (χ2v) is 4.58. The maximum absolute atomic E-state index is 10.8. The van der Waals surface area contributed by atoms with Gasteiger partial charge in [-0.15, -0.1) is 0 Å². The predicted octanol–water partition coefficient (Wildman–Crippen LogP) is 2.37. The lowest BCUT2D eigenvalue weighted by molar-refractivity contribution is 0.0697. The highest BCUT2D eigenvalue weighted by molar-refractivity contribution is 5.87. The van der Waals surface area contributed by atoms with Crippen molar-refractivity contribution in [3.63, 3.8) is 0 Å². The maximum Gasteiger partial charge on any atom is 0.335 e. The zero-order valence-corrected chi connectivity index (χ0v) is 11.6. The van der Waals surface area contributed by atoms with Gasteiger partial charge >= 0.3 is 5.97 Å². The van der Waals surface area contributed by atoms with Crippen LogP contribution in [0.25, 0.3) is 0 Å². The van der Waals surface area contributed by atoms with Crippen molar-refractivity contribution in [2.75, 3.05) is 11.9 Å². The van der Waals surface area contributed by atoms with Crippen molar-refractivity contribution < 1.29 is 9.90 Å². The van der Waals surface area contributed by atoms with Crippen LogP contribution in [0.3, 0.4) is 0 Å².